The van der Waals surface area contributed by atoms with Crippen LogP contribution >= 0.6 is 11.3 Å². The van der Waals surface area contributed by atoms with Gasteiger partial charge in [-0.15, -0.1) is 11.3 Å². The molecule has 0 unspecified atom stereocenters. The second-order valence-corrected chi connectivity index (χ2v) is 14.6. The number of ether oxygens (including phenoxy) is 2. The Bertz CT molecular complexity index is 2720. The third-order valence-electron chi connectivity index (χ3n) is 9.35. The standard InChI is InChI=1S/C25H22N2O4.C21H18N2O5S/c28-23(29)14-15-24(30)31-17-19-10-12-20(13-11-19)25-21-8-4-5-9-22(21)27(26-25)16-18-6-2-1-3-7-18;24-18(25)8-9-19(26)27-13-15-6-7-17(28-15)20-21-16(10-11-29-21)23(22-20)12-14-4-2-1-3-5-14/h1-13H,14-17H2,(H,28,29);1-7,10-11H,8-9,12-13H2,(H,24,25). The van der Waals surface area contributed by atoms with Crippen LogP contribution in [0.4, 0.5) is 0 Å². The van der Waals surface area contributed by atoms with Crippen molar-refractivity contribution in [3.05, 3.63) is 155 Å². The van der Waals surface area contributed by atoms with Crippen molar-refractivity contribution in [3.8, 4) is 22.7 Å². The minimum absolute atomic E-state index is 0.0449. The van der Waals surface area contributed by atoms with Crippen LogP contribution < -0.4 is 0 Å². The number of fused-ring (bicyclic) bond motifs is 2. The fraction of sp³-hybridized carbons (Fsp3) is 0.174. The van der Waals surface area contributed by atoms with Crippen LogP contribution in [0, 0.1) is 0 Å². The summed E-state index contributed by atoms with van der Waals surface area (Å²) in [4.78, 5) is 44.2. The molecular formula is C46H40N4O9S. The number of thiophene rings is 1. The first-order valence-electron chi connectivity index (χ1n) is 19.1. The van der Waals surface area contributed by atoms with Gasteiger partial charge in [-0.2, -0.15) is 10.2 Å². The van der Waals surface area contributed by atoms with Gasteiger partial charge in [-0.05, 0) is 46.3 Å². The number of furan rings is 1. The summed E-state index contributed by atoms with van der Waals surface area (Å²) in [5.74, 6) is -2.06. The van der Waals surface area contributed by atoms with Crippen LogP contribution in [0.1, 0.15) is 48.1 Å². The van der Waals surface area contributed by atoms with E-state index in [9.17, 15) is 19.2 Å². The average molecular weight is 825 g/mol. The van der Waals surface area contributed by atoms with Crippen LogP contribution in [0.25, 0.3) is 43.8 Å². The summed E-state index contributed by atoms with van der Waals surface area (Å²) in [5, 5.41) is 29.9. The molecule has 304 valence electrons. The Hall–Kier alpha value is -7.32. The topological polar surface area (TPSA) is 176 Å². The van der Waals surface area contributed by atoms with Crippen LogP contribution in [-0.4, -0.2) is 53.7 Å². The van der Waals surface area contributed by atoms with E-state index < -0.39 is 23.9 Å². The first kappa shape index (κ1) is 40.9. The lowest BCUT2D eigenvalue weighted by Crippen LogP contribution is -2.07. The lowest BCUT2D eigenvalue weighted by Gasteiger charge is -2.05. The van der Waals surface area contributed by atoms with Crippen molar-refractivity contribution < 1.29 is 43.3 Å². The molecule has 4 heterocycles. The lowest BCUT2D eigenvalue weighted by atomic mass is 10.1. The van der Waals surface area contributed by atoms with Gasteiger partial charge in [0.15, 0.2) is 5.76 Å². The van der Waals surface area contributed by atoms with E-state index in [2.05, 4.69) is 36.4 Å². The fourth-order valence-electron chi connectivity index (χ4n) is 6.38. The number of nitrogens with zero attached hydrogens (tertiary/aromatic N) is 4. The predicted octanol–water partition coefficient (Wildman–Crippen LogP) is 8.97. The maximum atomic E-state index is 11.6. The molecule has 0 saturated heterocycles. The van der Waals surface area contributed by atoms with Gasteiger partial charge in [0.2, 0.25) is 0 Å². The van der Waals surface area contributed by atoms with Gasteiger partial charge in [0.25, 0.3) is 0 Å². The molecule has 2 N–H and O–H groups in total. The van der Waals surface area contributed by atoms with Gasteiger partial charge in [-0.3, -0.25) is 28.5 Å². The molecule has 0 spiro atoms. The van der Waals surface area contributed by atoms with Crippen molar-refractivity contribution in [1.29, 1.82) is 0 Å². The molecule has 0 amide bonds. The fourth-order valence-corrected chi connectivity index (χ4v) is 7.26. The molecule has 8 rings (SSSR count). The summed E-state index contributed by atoms with van der Waals surface area (Å²) in [6.07, 6.45) is -0.769. The second kappa shape index (κ2) is 19.4. The zero-order valence-electron chi connectivity index (χ0n) is 32.3. The molecule has 0 saturated carbocycles. The van der Waals surface area contributed by atoms with E-state index in [1.807, 2.05) is 93.6 Å². The summed E-state index contributed by atoms with van der Waals surface area (Å²) >= 11 is 1.59. The third-order valence-corrected chi connectivity index (χ3v) is 10.3. The van der Waals surface area contributed by atoms with Crippen LogP contribution in [0.5, 0.6) is 0 Å². The zero-order chi connectivity index (χ0) is 41.8. The molecule has 60 heavy (non-hydrogen) atoms. The monoisotopic (exact) mass is 824 g/mol. The van der Waals surface area contributed by atoms with Gasteiger partial charge in [-0.25, -0.2) is 0 Å². The smallest absolute Gasteiger partial charge is 0.306 e. The molecule has 0 fully saturated rings. The van der Waals surface area contributed by atoms with E-state index >= 15 is 0 Å². The van der Waals surface area contributed by atoms with E-state index in [1.165, 1.54) is 5.56 Å². The van der Waals surface area contributed by atoms with Crippen molar-refractivity contribution in [1.82, 2.24) is 19.6 Å². The molecule has 4 aromatic carbocycles. The second-order valence-electron chi connectivity index (χ2n) is 13.7. The van der Waals surface area contributed by atoms with Gasteiger partial charge >= 0.3 is 23.9 Å². The maximum Gasteiger partial charge on any atom is 0.306 e. The minimum atomic E-state index is -1.03. The molecule has 0 aliphatic carbocycles. The first-order chi connectivity index (χ1) is 29.2. The Morgan fingerprint density at radius 1 is 0.567 bits per heavy atom. The highest BCUT2D eigenvalue weighted by Crippen LogP contribution is 2.34. The number of benzene rings is 4. The van der Waals surface area contributed by atoms with Gasteiger partial charge in [-0.1, -0.05) is 103 Å². The number of esters is 2. The molecule has 13 nitrogen and oxygen atoms in total. The summed E-state index contributed by atoms with van der Waals surface area (Å²) in [6, 6.07) is 41.7. The van der Waals surface area contributed by atoms with Gasteiger partial charge in [0, 0.05) is 10.9 Å². The Morgan fingerprint density at radius 3 is 1.77 bits per heavy atom. The Kier molecular flexibility index (Phi) is 13.2. The molecule has 0 aliphatic rings. The minimum Gasteiger partial charge on any atom is -0.481 e. The van der Waals surface area contributed by atoms with Crippen LogP contribution in [0.3, 0.4) is 0 Å². The predicted molar refractivity (Wildman–Crippen MR) is 225 cm³/mol. The summed E-state index contributed by atoms with van der Waals surface area (Å²) in [7, 11) is 0. The Morgan fingerprint density at radius 2 is 1.13 bits per heavy atom. The number of carboxylic acid groups (broad SMARTS) is 2. The molecule has 0 atom stereocenters. The van der Waals surface area contributed by atoms with Crippen molar-refractivity contribution in [2.45, 2.75) is 52.0 Å². The van der Waals surface area contributed by atoms with Gasteiger partial charge in [0.1, 0.15) is 30.4 Å². The maximum absolute atomic E-state index is 11.6. The number of carbonyl (C=O) groups is 4. The largest absolute Gasteiger partial charge is 0.481 e. The highest BCUT2D eigenvalue weighted by molar-refractivity contribution is 7.17. The quantitative estimate of drug-likeness (QED) is 0.0890. The Labute approximate surface area is 348 Å². The number of hydrogen-bond acceptors (Lipinski definition) is 10. The number of para-hydroxylation sites is 1. The summed E-state index contributed by atoms with van der Waals surface area (Å²) in [6.45, 7) is 1.41. The average Bonchev–Trinajstić information content (AvgIpc) is 4.08. The van der Waals surface area contributed by atoms with Crippen LogP contribution in [-0.2, 0) is 55.0 Å². The number of carboxylic acids is 2. The van der Waals surface area contributed by atoms with Gasteiger partial charge in [0.05, 0.1) is 54.5 Å². The molecular weight excluding hydrogens is 785 g/mol. The highest BCUT2D eigenvalue weighted by atomic mass is 32.1. The highest BCUT2D eigenvalue weighted by Gasteiger charge is 2.18. The number of hydrogen-bond donors (Lipinski definition) is 2. The molecule has 0 aliphatic heterocycles. The lowest BCUT2D eigenvalue weighted by molar-refractivity contribution is -0.149. The van der Waals surface area contributed by atoms with Crippen LogP contribution in [0.15, 0.2) is 137 Å². The first-order valence-corrected chi connectivity index (χ1v) is 20.0. The number of aromatic nitrogens is 4. The van der Waals surface area contributed by atoms with Gasteiger partial charge < -0.3 is 24.1 Å². The number of rotatable bonds is 16. The van der Waals surface area contributed by atoms with E-state index in [1.54, 1.807) is 23.5 Å². The van der Waals surface area contributed by atoms with E-state index in [-0.39, 0.29) is 38.9 Å². The molecule has 4 aromatic heterocycles. The molecule has 8 aromatic rings. The number of carbonyl (C=O) groups excluding carboxylic acids is 2. The molecule has 0 bridgehead atoms. The summed E-state index contributed by atoms with van der Waals surface area (Å²) in [5.41, 5.74) is 7.89. The molecule has 0 radical (unpaired) electrons. The Balaban J connectivity index is 0.000000182. The zero-order valence-corrected chi connectivity index (χ0v) is 33.1. The van der Waals surface area contributed by atoms with Crippen molar-refractivity contribution >= 4 is 56.3 Å². The van der Waals surface area contributed by atoms with Crippen molar-refractivity contribution in [3.63, 3.8) is 0 Å². The van der Waals surface area contributed by atoms with E-state index in [0.717, 1.165) is 49.2 Å². The SMILES string of the molecule is O=C(O)CCC(=O)OCc1ccc(-c2nn(Cc3ccccc3)c3ccccc23)cc1.O=C(O)CCC(=O)OCc1ccc(-c2nn(Cc3ccccc3)c3ccsc23)o1. The van der Waals surface area contributed by atoms with E-state index in [4.69, 9.17) is 34.3 Å². The van der Waals surface area contributed by atoms with Crippen molar-refractivity contribution in [2.75, 3.05) is 0 Å². The normalized spacial score (nSPS) is 10.9. The number of aliphatic carboxylic acids is 2. The van der Waals surface area contributed by atoms with E-state index in [0.29, 0.717) is 24.6 Å². The van der Waals surface area contributed by atoms with Crippen molar-refractivity contribution in [2.24, 2.45) is 0 Å². The van der Waals surface area contributed by atoms with Crippen LogP contribution in [0.2, 0.25) is 0 Å². The summed E-state index contributed by atoms with van der Waals surface area (Å²) < 4.78 is 21.0. The third kappa shape index (κ3) is 10.6. The molecule has 14 heteroatoms.